The Morgan fingerprint density at radius 1 is 0.895 bits per heavy atom. The summed E-state index contributed by atoms with van der Waals surface area (Å²) >= 11 is -1.91. The molecular weight excluding hydrogens is 283 g/mol. The number of benzene rings is 1. The molecule has 0 amide bonds. The molecule has 0 aliphatic rings. The third kappa shape index (κ3) is 5.02. The molecule has 1 atom stereocenters. The first-order valence-corrected chi connectivity index (χ1v) is 7.64. The van der Waals surface area contributed by atoms with Crippen molar-refractivity contribution >= 4 is 62.5 Å². The third-order valence-electron chi connectivity index (χ3n) is 3.25. The Morgan fingerprint density at radius 2 is 1.26 bits per heavy atom. The van der Waals surface area contributed by atoms with E-state index in [9.17, 15) is 8.76 Å². The van der Waals surface area contributed by atoms with Crippen LogP contribution in [0.3, 0.4) is 0 Å². The van der Waals surface area contributed by atoms with Crippen LogP contribution in [0.5, 0.6) is 0 Å². The zero-order chi connectivity index (χ0) is 14.0. The standard InChI is InChI=1S/C15H24O2S.K.H/c1-9(2)12-7-13(10(3)4)15(18(16)17)14(8-12)11(5)6;;/h7-11H,1-6H3,(H,16,17);;. The van der Waals surface area contributed by atoms with Gasteiger partial charge in [-0.05, 0) is 34.4 Å². The molecule has 0 spiro atoms. The summed E-state index contributed by atoms with van der Waals surface area (Å²) in [7, 11) is 0. The molecule has 0 heterocycles. The Morgan fingerprint density at radius 3 is 1.47 bits per heavy atom. The van der Waals surface area contributed by atoms with E-state index in [2.05, 4.69) is 53.7 Å². The first-order valence-electron chi connectivity index (χ1n) is 6.54. The molecule has 1 rings (SSSR count). The van der Waals surface area contributed by atoms with E-state index in [-0.39, 0.29) is 63.2 Å². The van der Waals surface area contributed by atoms with Crippen LogP contribution in [0.2, 0.25) is 0 Å². The SMILES string of the molecule is CC(C)c1cc(C(C)C)c(S(=O)O)c(C(C)C)c1.[KH]. The fourth-order valence-electron chi connectivity index (χ4n) is 2.09. The van der Waals surface area contributed by atoms with Crippen molar-refractivity contribution in [2.45, 2.75) is 64.2 Å². The Hall–Kier alpha value is 0.966. The maximum atomic E-state index is 11.6. The Labute approximate surface area is 162 Å². The van der Waals surface area contributed by atoms with Gasteiger partial charge in [-0.25, -0.2) is 4.21 Å². The van der Waals surface area contributed by atoms with Gasteiger partial charge in [-0.2, -0.15) is 0 Å². The summed E-state index contributed by atoms with van der Waals surface area (Å²) in [6.45, 7) is 12.6. The van der Waals surface area contributed by atoms with Gasteiger partial charge in [0.25, 0.3) is 0 Å². The van der Waals surface area contributed by atoms with Gasteiger partial charge in [0.1, 0.15) is 0 Å². The van der Waals surface area contributed by atoms with Crippen LogP contribution in [0.25, 0.3) is 0 Å². The van der Waals surface area contributed by atoms with Gasteiger partial charge in [0.2, 0.25) is 0 Å². The van der Waals surface area contributed by atoms with Gasteiger partial charge < -0.3 is 4.55 Å². The fourth-order valence-corrected chi connectivity index (χ4v) is 3.08. The summed E-state index contributed by atoms with van der Waals surface area (Å²) in [5, 5.41) is 0. The molecule has 2 nitrogen and oxygen atoms in total. The molecule has 1 aromatic rings. The number of hydrogen-bond acceptors (Lipinski definition) is 1. The molecular formula is C15H25KO2S. The second-order valence-corrected chi connectivity index (χ2v) is 6.65. The molecule has 104 valence electrons. The summed E-state index contributed by atoms with van der Waals surface area (Å²) in [5.41, 5.74) is 3.26. The second-order valence-electron chi connectivity index (χ2n) is 5.74. The molecule has 0 aromatic heterocycles. The van der Waals surface area contributed by atoms with Crippen LogP contribution >= 0.6 is 0 Å². The van der Waals surface area contributed by atoms with E-state index in [0.29, 0.717) is 10.8 Å². The summed E-state index contributed by atoms with van der Waals surface area (Å²) in [6, 6.07) is 4.18. The van der Waals surface area contributed by atoms with Gasteiger partial charge in [0.15, 0.2) is 11.1 Å². The zero-order valence-electron chi connectivity index (χ0n) is 12.2. The minimum absolute atomic E-state index is 0. The molecule has 0 saturated heterocycles. The van der Waals surface area contributed by atoms with Crippen molar-refractivity contribution in [1.29, 1.82) is 0 Å². The van der Waals surface area contributed by atoms with Crippen molar-refractivity contribution < 1.29 is 8.76 Å². The van der Waals surface area contributed by atoms with Gasteiger partial charge in [0, 0.05) is 0 Å². The average molecular weight is 309 g/mol. The topological polar surface area (TPSA) is 37.3 Å². The molecule has 1 unspecified atom stereocenters. The van der Waals surface area contributed by atoms with Gasteiger partial charge >= 0.3 is 51.4 Å². The Kier molecular flexibility index (Phi) is 8.85. The van der Waals surface area contributed by atoms with Gasteiger partial charge in [-0.1, -0.05) is 53.7 Å². The van der Waals surface area contributed by atoms with Gasteiger partial charge in [0.05, 0.1) is 4.90 Å². The molecule has 0 radical (unpaired) electrons. The molecule has 0 aliphatic carbocycles. The predicted molar refractivity (Wildman–Crippen MR) is 84.9 cm³/mol. The molecule has 4 heteroatoms. The maximum absolute atomic E-state index is 11.6. The normalized spacial score (nSPS) is 12.9. The van der Waals surface area contributed by atoms with E-state index in [0.717, 1.165) is 11.1 Å². The van der Waals surface area contributed by atoms with E-state index >= 15 is 0 Å². The third-order valence-corrected chi connectivity index (χ3v) is 4.07. The van der Waals surface area contributed by atoms with Crippen LogP contribution in [0.15, 0.2) is 17.0 Å². The molecule has 1 aromatic carbocycles. The van der Waals surface area contributed by atoms with E-state index in [1.54, 1.807) is 0 Å². The van der Waals surface area contributed by atoms with Crippen LogP contribution in [0.1, 0.15) is 76.0 Å². The molecule has 0 saturated carbocycles. The first kappa shape index (κ1) is 20.0. The molecule has 0 fully saturated rings. The van der Waals surface area contributed by atoms with Crippen molar-refractivity contribution in [3.63, 3.8) is 0 Å². The van der Waals surface area contributed by atoms with Crippen molar-refractivity contribution in [3.8, 4) is 0 Å². The van der Waals surface area contributed by atoms with Crippen molar-refractivity contribution in [2.24, 2.45) is 0 Å². The van der Waals surface area contributed by atoms with Gasteiger partial charge in [-0.3, -0.25) is 0 Å². The Balaban J connectivity index is 0.00000324. The minimum atomic E-state index is -1.91. The summed E-state index contributed by atoms with van der Waals surface area (Å²) < 4.78 is 21.2. The molecule has 1 N–H and O–H groups in total. The summed E-state index contributed by atoms with van der Waals surface area (Å²) in [4.78, 5) is 0.615. The fraction of sp³-hybridized carbons (Fsp3) is 0.600. The van der Waals surface area contributed by atoms with Crippen LogP contribution in [0.4, 0.5) is 0 Å². The summed E-state index contributed by atoms with van der Waals surface area (Å²) in [5.74, 6) is 0.945. The van der Waals surface area contributed by atoms with Crippen LogP contribution in [-0.4, -0.2) is 60.1 Å². The second kappa shape index (κ2) is 8.42. The van der Waals surface area contributed by atoms with E-state index in [1.165, 1.54) is 5.56 Å². The summed E-state index contributed by atoms with van der Waals surface area (Å²) in [6.07, 6.45) is 0. The zero-order valence-corrected chi connectivity index (χ0v) is 13.0. The van der Waals surface area contributed by atoms with Gasteiger partial charge in [-0.15, -0.1) is 0 Å². The van der Waals surface area contributed by atoms with Crippen molar-refractivity contribution in [2.75, 3.05) is 0 Å². The van der Waals surface area contributed by atoms with Crippen molar-refractivity contribution in [1.82, 2.24) is 0 Å². The van der Waals surface area contributed by atoms with Crippen LogP contribution < -0.4 is 0 Å². The first-order chi connectivity index (χ1) is 8.25. The average Bonchev–Trinajstić information content (AvgIpc) is 2.26. The predicted octanol–water partition coefficient (Wildman–Crippen LogP) is 3.99. The monoisotopic (exact) mass is 308 g/mol. The number of rotatable bonds is 4. The number of hydrogen-bond donors (Lipinski definition) is 1. The van der Waals surface area contributed by atoms with E-state index in [4.69, 9.17) is 0 Å². The van der Waals surface area contributed by atoms with Crippen molar-refractivity contribution in [3.05, 3.63) is 28.8 Å². The van der Waals surface area contributed by atoms with Crippen LogP contribution in [0, 0.1) is 0 Å². The Bertz CT molecular complexity index is 424. The molecule has 0 bridgehead atoms. The molecule has 19 heavy (non-hydrogen) atoms. The van der Waals surface area contributed by atoms with Crippen LogP contribution in [-0.2, 0) is 11.1 Å². The quantitative estimate of drug-likeness (QED) is 0.674. The molecule has 0 aliphatic heterocycles. The van der Waals surface area contributed by atoms with E-state index in [1.807, 2.05) is 0 Å². The van der Waals surface area contributed by atoms with E-state index < -0.39 is 11.1 Å².